The molecule has 0 N–H and O–H groups in total. The molecule has 1 aromatic heterocycles. The third-order valence-electron chi connectivity index (χ3n) is 2.69. The Morgan fingerprint density at radius 2 is 2.19 bits per heavy atom. The molecule has 0 saturated heterocycles. The molecular formula is C12H17NO3. The summed E-state index contributed by atoms with van der Waals surface area (Å²) in [7, 11) is 0. The van der Waals surface area contributed by atoms with E-state index in [2.05, 4.69) is 0 Å². The van der Waals surface area contributed by atoms with Gasteiger partial charge in [0.15, 0.2) is 0 Å². The molecule has 0 unspecified atom stereocenters. The second-order valence-electron chi connectivity index (χ2n) is 4.29. The van der Waals surface area contributed by atoms with E-state index in [-0.39, 0.29) is 12.2 Å². The van der Waals surface area contributed by atoms with Gasteiger partial charge in [0.1, 0.15) is 5.76 Å². The smallest absolute Gasteiger partial charge is 0.410 e. The van der Waals surface area contributed by atoms with Crippen LogP contribution in [0.5, 0.6) is 0 Å². The fourth-order valence-electron chi connectivity index (χ4n) is 1.87. The van der Waals surface area contributed by atoms with Gasteiger partial charge in [-0.2, -0.15) is 0 Å². The molecule has 2 heterocycles. The van der Waals surface area contributed by atoms with Gasteiger partial charge in [-0.05, 0) is 31.9 Å². The van der Waals surface area contributed by atoms with Crippen LogP contribution >= 0.6 is 0 Å². The van der Waals surface area contributed by atoms with Crippen molar-refractivity contribution in [3.63, 3.8) is 0 Å². The van der Waals surface area contributed by atoms with Crippen LogP contribution in [0.25, 0.3) is 0 Å². The highest BCUT2D eigenvalue weighted by molar-refractivity contribution is 5.68. The zero-order valence-corrected chi connectivity index (χ0v) is 9.73. The molecule has 2 rings (SSSR count). The van der Waals surface area contributed by atoms with Gasteiger partial charge >= 0.3 is 6.09 Å². The molecule has 0 atom stereocenters. The third kappa shape index (κ3) is 2.38. The van der Waals surface area contributed by atoms with Crippen molar-refractivity contribution in [2.75, 3.05) is 13.1 Å². The first-order valence-electron chi connectivity index (χ1n) is 5.67. The van der Waals surface area contributed by atoms with Gasteiger partial charge < -0.3 is 14.1 Å². The van der Waals surface area contributed by atoms with E-state index >= 15 is 0 Å². The molecule has 1 amide bonds. The van der Waals surface area contributed by atoms with E-state index < -0.39 is 0 Å². The van der Waals surface area contributed by atoms with Crippen molar-refractivity contribution in [2.45, 2.75) is 32.8 Å². The Bertz CT molecular complexity index is 348. The maximum absolute atomic E-state index is 11.7. The molecule has 0 aromatic carbocycles. The van der Waals surface area contributed by atoms with Gasteiger partial charge in [-0.15, -0.1) is 0 Å². The lowest BCUT2D eigenvalue weighted by Gasteiger charge is -2.20. The SMILES string of the molecule is CC(C)OC(=O)N1CCc2ccoc2CC1. The Labute approximate surface area is 95.2 Å². The van der Waals surface area contributed by atoms with Crippen molar-refractivity contribution in [1.82, 2.24) is 4.90 Å². The molecule has 0 spiro atoms. The van der Waals surface area contributed by atoms with Gasteiger partial charge in [0.2, 0.25) is 0 Å². The largest absolute Gasteiger partial charge is 0.469 e. The number of hydrogen-bond donors (Lipinski definition) is 0. The van der Waals surface area contributed by atoms with Crippen LogP contribution in [0.4, 0.5) is 4.79 Å². The second kappa shape index (κ2) is 4.60. The second-order valence-corrected chi connectivity index (χ2v) is 4.29. The number of nitrogens with zero attached hydrogens (tertiary/aromatic N) is 1. The van der Waals surface area contributed by atoms with E-state index in [0.29, 0.717) is 13.1 Å². The molecule has 4 heteroatoms. The summed E-state index contributed by atoms with van der Waals surface area (Å²) in [5.74, 6) is 1.000. The van der Waals surface area contributed by atoms with Crippen molar-refractivity contribution in [3.05, 3.63) is 23.7 Å². The Morgan fingerprint density at radius 1 is 1.44 bits per heavy atom. The van der Waals surface area contributed by atoms with Crippen LogP contribution in [0, 0.1) is 0 Å². The summed E-state index contributed by atoms with van der Waals surface area (Å²) in [5.41, 5.74) is 1.21. The zero-order chi connectivity index (χ0) is 11.5. The summed E-state index contributed by atoms with van der Waals surface area (Å²) in [5, 5.41) is 0. The third-order valence-corrected chi connectivity index (χ3v) is 2.69. The minimum Gasteiger partial charge on any atom is -0.469 e. The Balaban J connectivity index is 1.96. The predicted octanol–water partition coefficient (Wildman–Crippen LogP) is 2.23. The summed E-state index contributed by atoms with van der Waals surface area (Å²) in [6, 6.07) is 1.98. The van der Waals surface area contributed by atoms with Crippen molar-refractivity contribution in [1.29, 1.82) is 0 Å². The number of furan rings is 1. The molecule has 0 aliphatic carbocycles. The van der Waals surface area contributed by atoms with Crippen molar-refractivity contribution in [2.24, 2.45) is 0 Å². The molecule has 0 fully saturated rings. The first-order valence-corrected chi connectivity index (χ1v) is 5.67. The Hall–Kier alpha value is -1.45. The number of carbonyl (C=O) groups excluding carboxylic acids is 1. The van der Waals surface area contributed by atoms with Crippen LogP contribution in [0.1, 0.15) is 25.2 Å². The normalized spacial score (nSPS) is 15.8. The average molecular weight is 223 g/mol. The predicted molar refractivity (Wildman–Crippen MR) is 59.3 cm³/mol. The average Bonchev–Trinajstić information content (AvgIpc) is 2.56. The first kappa shape index (κ1) is 11.0. The number of rotatable bonds is 1. The fraction of sp³-hybridized carbons (Fsp3) is 0.583. The highest BCUT2D eigenvalue weighted by atomic mass is 16.6. The molecule has 0 saturated carbocycles. The van der Waals surface area contributed by atoms with Gasteiger partial charge in [0.05, 0.1) is 12.4 Å². The van der Waals surface area contributed by atoms with E-state index in [0.717, 1.165) is 18.6 Å². The molecule has 0 bridgehead atoms. The standard InChI is InChI=1S/C12H17NO3/c1-9(2)16-12(14)13-6-3-10-5-8-15-11(10)4-7-13/h5,8-9H,3-4,6-7H2,1-2H3. The van der Waals surface area contributed by atoms with Gasteiger partial charge in [-0.1, -0.05) is 0 Å². The van der Waals surface area contributed by atoms with Gasteiger partial charge in [-0.3, -0.25) is 0 Å². The van der Waals surface area contributed by atoms with Crippen molar-refractivity contribution >= 4 is 6.09 Å². The van der Waals surface area contributed by atoms with Gasteiger partial charge in [0, 0.05) is 19.5 Å². The minimum absolute atomic E-state index is 0.0632. The molecular weight excluding hydrogens is 206 g/mol. The molecule has 88 valence electrons. The molecule has 0 radical (unpaired) electrons. The highest BCUT2D eigenvalue weighted by Gasteiger charge is 2.21. The van der Waals surface area contributed by atoms with E-state index in [4.69, 9.17) is 9.15 Å². The lowest BCUT2D eigenvalue weighted by atomic mass is 10.2. The highest BCUT2D eigenvalue weighted by Crippen LogP contribution is 2.17. The lowest BCUT2D eigenvalue weighted by molar-refractivity contribution is 0.0779. The van der Waals surface area contributed by atoms with Crippen LogP contribution in [-0.2, 0) is 17.6 Å². The monoisotopic (exact) mass is 223 g/mol. The molecule has 1 aromatic rings. The van der Waals surface area contributed by atoms with E-state index in [1.54, 1.807) is 11.2 Å². The summed E-state index contributed by atoms with van der Waals surface area (Å²) in [6.45, 7) is 5.10. The Morgan fingerprint density at radius 3 is 2.94 bits per heavy atom. The summed E-state index contributed by atoms with van der Waals surface area (Å²) >= 11 is 0. The van der Waals surface area contributed by atoms with E-state index in [1.165, 1.54) is 5.56 Å². The summed E-state index contributed by atoms with van der Waals surface area (Å²) in [4.78, 5) is 13.5. The van der Waals surface area contributed by atoms with E-state index in [1.807, 2.05) is 19.9 Å². The van der Waals surface area contributed by atoms with Crippen LogP contribution in [-0.4, -0.2) is 30.2 Å². The van der Waals surface area contributed by atoms with Gasteiger partial charge in [0.25, 0.3) is 0 Å². The van der Waals surface area contributed by atoms with Gasteiger partial charge in [-0.25, -0.2) is 4.79 Å². The van der Waals surface area contributed by atoms with Crippen LogP contribution in [0.3, 0.4) is 0 Å². The first-order chi connectivity index (χ1) is 7.66. The zero-order valence-electron chi connectivity index (χ0n) is 9.73. The summed E-state index contributed by atoms with van der Waals surface area (Å²) < 4.78 is 10.5. The lowest BCUT2D eigenvalue weighted by Crippen LogP contribution is -2.35. The topological polar surface area (TPSA) is 42.7 Å². The molecule has 4 nitrogen and oxygen atoms in total. The number of carbonyl (C=O) groups is 1. The van der Waals surface area contributed by atoms with Crippen molar-refractivity contribution < 1.29 is 13.9 Å². The number of hydrogen-bond acceptors (Lipinski definition) is 3. The molecule has 16 heavy (non-hydrogen) atoms. The quantitative estimate of drug-likeness (QED) is 0.733. The van der Waals surface area contributed by atoms with E-state index in [9.17, 15) is 4.79 Å². The van der Waals surface area contributed by atoms with Crippen molar-refractivity contribution in [3.8, 4) is 0 Å². The van der Waals surface area contributed by atoms with Crippen LogP contribution in [0.2, 0.25) is 0 Å². The van der Waals surface area contributed by atoms with Crippen LogP contribution in [0.15, 0.2) is 16.7 Å². The molecule has 1 aliphatic rings. The van der Waals surface area contributed by atoms with Crippen LogP contribution < -0.4 is 0 Å². The Kier molecular flexibility index (Phi) is 3.17. The minimum atomic E-state index is -0.222. The molecule has 1 aliphatic heterocycles. The number of fused-ring (bicyclic) bond motifs is 1. The fourth-order valence-corrected chi connectivity index (χ4v) is 1.87. The number of ether oxygens (including phenoxy) is 1. The maximum atomic E-state index is 11.7. The summed E-state index contributed by atoms with van der Waals surface area (Å²) in [6.07, 6.45) is 3.05. The maximum Gasteiger partial charge on any atom is 0.410 e. The number of amides is 1.